The van der Waals surface area contributed by atoms with Crippen LogP contribution in [0.1, 0.15) is 5.69 Å². The lowest BCUT2D eigenvalue weighted by Crippen LogP contribution is -2.03. The quantitative estimate of drug-likeness (QED) is 0.769. The van der Waals surface area contributed by atoms with Crippen molar-refractivity contribution in [3.8, 4) is 11.3 Å². The number of nitrogens with one attached hydrogen (secondary N) is 2. The van der Waals surface area contributed by atoms with Crippen LogP contribution in [0, 0.1) is 5.82 Å². The van der Waals surface area contributed by atoms with Crippen molar-refractivity contribution < 1.29 is 4.39 Å². The Morgan fingerprint density at radius 1 is 1.05 bits per heavy atom. The number of aromatic amines is 1. The van der Waals surface area contributed by atoms with Gasteiger partial charge in [0.1, 0.15) is 17.2 Å². The van der Waals surface area contributed by atoms with Crippen LogP contribution in [0.4, 0.5) is 10.1 Å². The first-order chi connectivity index (χ1) is 10.3. The molecule has 3 rings (SSSR count). The molecule has 0 aliphatic carbocycles. The zero-order chi connectivity index (χ0) is 14.7. The van der Waals surface area contributed by atoms with Crippen LogP contribution in [0.2, 0.25) is 5.02 Å². The lowest BCUT2D eigenvalue weighted by Gasteiger charge is -2.08. The van der Waals surface area contributed by atoms with Gasteiger partial charge in [-0.25, -0.2) is 4.39 Å². The number of benzene rings is 2. The van der Waals surface area contributed by atoms with E-state index in [0.29, 0.717) is 17.3 Å². The van der Waals surface area contributed by atoms with Gasteiger partial charge in [0.2, 0.25) is 0 Å². The summed E-state index contributed by atoms with van der Waals surface area (Å²) in [5.41, 5.74) is 2.64. The molecule has 0 aliphatic heterocycles. The molecule has 4 nitrogen and oxygen atoms in total. The average Bonchev–Trinajstić information content (AvgIpc) is 2.96. The molecule has 2 aromatic carbocycles. The lowest BCUT2D eigenvalue weighted by molar-refractivity contribution is 0.630. The fraction of sp³-hybridized carbons (Fsp3) is 0.0667. The summed E-state index contributed by atoms with van der Waals surface area (Å²) in [6.45, 7) is 0.321. The number of hydrogen-bond acceptors (Lipinski definition) is 3. The van der Waals surface area contributed by atoms with Crippen molar-refractivity contribution in [2.24, 2.45) is 0 Å². The zero-order valence-corrected chi connectivity index (χ0v) is 11.7. The Bertz CT molecular complexity index is 722. The highest BCUT2D eigenvalue weighted by Crippen LogP contribution is 2.26. The van der Waals surface area contributed by atoms with E-state index in [1.165, 1.54) is 6.07 Å². The van der Waals surface area contributed by atoms with Crippen LogP contribution < -0.4 is 5.32 Å². The summed E-state index contributed by atoms with van der Waals surface area (Å²) in [5.74, 6) is -0.396. The summed E-state index contributed by atoms with van der Waals surface area (Å²) in [4.78, 5) is 0. The Balaban J connectivity index is 1.83. The highest BCUT2D eigenvalue weighted by Gasteiger charge is 2.12. The summed E-state index contributed by atoms with van der Waals surface area (Å²) in [6, 6.07) is 14.2. The minimum absolute atomic E-state index is 0.265. The van der Waals surface area contributed by atoms with E-state index in [1.807, 2.05) is 30.3 Å². The van der Waals surface area contributed by atoms with Crippen LogP contribution in [-0.4, -0.2) is 15.4 Å². The predicted molar refractivity (Wildman–Crippen MR) is 80.6 cm³/mol. The molecule has 0 fully saturated rings. The first-order valence-electron chi connectivity index (χ1n) is 6.38. The summed E-state index contributed by atoms with van der Waals surface area (Å²) >= 11 is 5.98. The molecule has 0 radical (unpaired) electrons. The van der Waals surface area contributed by atoms with Gasteiger partial charge in [-0.15, -0.1) is 0 Å². The van der Waals surface area contributed by atoms with Crippen molar-refractivity contribution in [1.29, 1.82) is 0 Å². The maximum atomic E-state index is 13.7. The summed E-state index contributed by atoms with van der Waals surface area (Å²) in [5, 5.41) is 14.1. The first kappa shape index (κ1) is 13.6. The average molecular weight is 303 g/mol. The van der Waals surface area contributed by atoms with Gasteiger partial charge in [0.05, 0.1) is 17.3 Å². The van der Waals surface area contributed by atoms with E-state index < -0.39 is 5.82 Å². The van der Waals surface area contributed by atoms with Crippen molar-refractivity contribution >= 4 is 17.3 Å². The normalized spacial score (nSPS) is 10.6. The zero-order valence-electron chi connectivity index (χ0n) is 11.0. The van der Waals surface area contributed by atoms with Crippen molar-refractivity contribution in [3.05, 3.63) is 65.1 Å². The third kappa shape index (κ3) is 2.87. The maximum Gasteiger partial charge on any atom is 0.147 e. The molecule has 106 valence electrons. The molecule has 21 heavy (non-hydrogen) atoms. The largest absolute Gasteiger partial charge is 0.376 e. The van der Waals surface area contributed by atoms with Gasteiger partial charge in [-0.05, 0) is 12.1 Å². The molecule has 0 saturated heterocycles. The number of aromatic nitrogens is 3. The van der Waals surface area contributed by atoms with E-state index in [1.54, 1.807) is 12.1 Å². The Kier molecular flexibility index (Phi) is 3.83. The molecule has 1 aromatic heterocycles. The van der Waals surface area contributed by atoms with Gasteiger partial charge in [0.15, 0.2) is 0 Å². The number of para-hydroxylation sites is 1. The Hall–Kier alpha value is -2.40. The summed E-state index contributed by atoms with van der Waals surface area (Å²) in [7, 11) is 0. The number of rotatable bonds is 4. The van der Waals surface area contributed by atoms with Gasteiger partial charge in [-0.3, -0.25) is 0 Å². The molecule has 1 heterocycles. The van der Waals surface area contributed by atoms with Crippen LogP contribution in [0.5, 0.6) is 0 Å². The Labute approximate surface area is 126 Å². The SMILES string of the molecule is Fc1cccc(Cl)c1NCc1n[nH]nc1-c1ccccc1. The van der Waals surface area contributed by atoms with E-state index in [-0.39, 0.29) is 5.69 Å². The van der Waals surface area contributed by atoms with Gasteiger partial charge in [0.25, 0.3) is 0 Å². The fourth-order valence-corrected chi connectivity index (χ4v) is 2.27. The molecule has 0 spiro atoms. The second-order valence-corrected chi connectivity index (χ2v) is 4.84. The minimum Gasteiger partial charge on any atom is -0.376 e. The second-order valence-electron chi connectivity index (χ2n) is 4.44. The molecule has 0 bridgehead atoms. The van der Waals surface area contributed by atoms with E-state index in [0.717, 1.165) is 11.3 Å². The molecule has 3 aromatic rings. The van der Waals surface area contributed by atoms with Crippen molar-refractivity contribution in [3.63, 3.8) is 0 Å². The second kappa shape index (κ2) is 5.93. The topological polar surface area (TPSA) is 53.6 Å². The van der Waals surface area contributed by atoms with E-state index in [2.05, 4.69) is 20.7 Å². The lowest BCUT2D eigenvalue weighted by atomic mass is 10.1. The number of hydrogen-bond donors (Lipinski definition) is 2. The molecule has 0 saturated carbocycles. The highest BCUT2D eigenvalue weighted by atomic mass is 35.5. The van der Waals surface area contributed by atoms with Crippen molar-refractivity contribution in [2.75, 3.05) is 5.32 Å². The third-order valence-electron chi connectivity index (χ3n) is 3.06. The van der Waals surface area contributed by atoms with Gasteiger partial charge < -0.3 is 5.32 Å². The maximum absolute atomic E-state index is 13.7. The third-order valence-corrected chi connectivity index (χ3v) is 3.38. The Morgan fingerprint density at radius 2 is 1.86 bits per heavy atom. The summed E-state index contributed by atoms with van der Waals surface area (Å²) in [6.07, 6.45) is 0. The van der Waals surface area contributed by atoms with Crippen molar-refractivity contribution in [2.45, 2.75) is 6.54 Å². The minimum atomic E-state index is -0.396. The van der Waals surface area contributed by atoms with Crippen LogP contribution in [0.25, 0.3) is 11.3 Å². The summed E-state index contributed by atoms with van der Waals surface area (Å²) < 4.78 is 13.7. The molecular formula is C15H12ClFN4. The van der Waals surface area contributed by atoms with Crippen LogP contribution in [-0.2, 0) is 6.54 Å². The Morgan fingerprint density at radius 3 is 2.62 bits per heavy atom. The molecule has 0 aliphatic rings. The van der Waals surface area contributed by atoms with Crippen LogP contribution in [0.3, 0.4) is 0 Å². The molecule has 2 N–H and O–H groups in total. The number of halogens is 2. The fourth-order valence-electron chi connectivity index (χ4n) is 2.04. The van der Waals surface area contributed by atoms with Crippen molar-refractivity contribution in [1.82, 2.24) is 15.4 Å². The molecular weight excluding hydrogens is 291 g/mol. The van der Waals surface area contributed by atoms with Crippen LogP contribution >= 0.6 is 11.6 Å². The standard InChI is InChI=1S/C15H12ClFN4/c16-11-7-4-8-12(17)15(11)18-9-13-14(20-21-19-13)10-5-2-1-3-6-10/h1-8,18H,9H2,(H,19,20,21). The van der Waals surface area contributed by atoms with Gasteiger partial charge in [-0.1, -0.05) is 48.0 Å². The highest BCUT2D eigenvalue weighted by molar-refractivity contribution is 6.33. The van der Waals surface area contributed by atoms with Crippen LogP contribution in [0.15, 0.2) is 48.5 Å². The van der Waals surface area contributed by atoms with E-state index >= 15 is 0 Å². The predicted octanol–water partition coefficient (Wildman–Crippen LogP) is 3.88. The van der Waals surface area contributed by atoms with E-state index in [9.17, 15) is 4.39 Å². The molecule has 6 heteroatoms. The van der Waals surface area contributed by atoms with E-state index in [4.69, 9.17) is 11.6 Å². The number of anilines is 1. The smallest absolute Gasteiger partial charge is 0.147 e. The monoisotopic (exact) mass is 302 g/mol. The molecule has 0 unspecified atom stereocenters. The van der Waals surface area contributed by atoms with Gasteiger partial charge >= 0.3 is 0 Å². The van der Waals surface area contributed by atoms with Gasteiger partial charge in [-0.2, -0.15) is 15.4 Å². The number of nitrogens with zero attached hydrogens (tertiary/aromatic N) is 2. The number of H-pyrrole nitrogens is 1. The first-order valence-corrected chi connectivity index (χ1v) is 6.76. The van der Waals surface area contributed by atoms with Gasteiger partial charge in [0, 0.05) is 5.56 Å². The molecule has 0 amide bonds. The molecule has 0 atom stereocenters.